The molecule has 0 saturated heterocycles. The topological polar surface area (TPSA) is 71.5 Å². The Bertz CT molecular complexity index is 773. The molecule has 7 heteroatoms. The first kappa shape index (κ1) is 13.9. The van der Waals surface area contributed by atoms with Gasteiger partial charge in [0.05, 0.1) is 0 Å². The van der Waals surface area contributed by atoms with E-state index in [2.05, 4.69) is 4.98 Å². The van der Waals surface area contributed by atoms with Gasteiger partial charge in [0.1, 0.15) is 11.3 Å². The molecule has 1 aromatic heterocycles. The predicted molar refractivity (Wildman–Crippen MR) is 88.0 cm³/mol. The van der Waals surface area contributed by atoms with E-state index in [0.29, 0.717) is 18.5 Å². The minimum atomic E-state index is -2.68. The fourth-order valence-electron chi connectivity index (χ4n) is 2.27. The number of carbonyl (C=O) groups is 2. The summed E-state index contributed by atoms with van der Waals surface area (Å²) in [5.74, 6) is -1.85. The molecule has 1 aromatic rings. The van der Waals surface area contributed by atoms with Crippen LogP contribution in [0.4, 0.5) is 9.18 Å². The summed E-state index contributed by atoms with van der Waals surface area (Å²) in [7, 11) is 0. The predicted octanol–water partition coefficient (Wildman–Crippen LogP) is 2.60. The summed E-state index contributed by atoms with van der Waals surface area (Å²) in [4.78, 5) is 28.9. The third-order valence-electron chi connectivity index (χ3n) is 3.40. The molecule has 2 heterocycles. The fourth-order valence-corrected chi connectivity index (χ4v) is 2.27. The molecule has 0 fully saturated rings. The molecule has 0 saturated carbocycles. The Morgan fingerprint density at radius 3 is 2.71 bits per heavy atom. The lowest BCUT2D eigenvalue weighted by Gasteiger charge is -2.29. The molecule has 130 valence electrons. The van der Waals surface area contributed by atoms with Crippen LogP contribution in [0.1, 0.15) is 47.4 Å². The van der Waals surface area contributed by atoms with Gasteiger partial charge in [-0.05, 0) is 44.9 Å². The molecular formula is C17H22FN3O3. The summed E-state index contributed by atoms with van der Waals surface area (Å²) >= 11 is 0. The number of ether oxygens (including phenoxy) is 1. The molecule has 6 nitrogen and oxygen atoms in total. The Kier molecular flexibility index (Phi) is 4.06. The molecule has 0 radical (unpaired) electrons. The van der Waals surface area contributed by atoms with Crippen molar-refractivity contribution in [3.63, 3.8) is 0 Å². The zero-order chi connectivity index (χ0) is 20.4. The lowest BCUT2D eigenvalue weighted by Crippen LogP contribution is -2.39. The van der Waals surface area contributed by atoms with E-state index in [0.717, 1.165) is 0 Å². The number of hydrogen-bond donors (Lipinski definition) is 1. The van der Waals surface area contributed by atoms with Crippen molar-refractivity contribution in [3.05, 3.63) is 35.4 Å². The maximum atomic E-state index is 14.3. The van der Waals surface area contributed by atoms with Crippen LogP contribution in [0.3, 0.4) is 0 Å². The first-order valence-electron chi connectivity index (χ1n) is 9.02. The highest BCUT2D eigenvalue weighted by molar-refractivity contribution is 5.92. The number of hydrogen-bond acceptors (Lipinski definition) is 4. The normalized spacial score (nSPS) is 17.2. The molecule has 0 bridgehead atoms. The van der Waals surface area contributed by atoms with E-state index in [4.69, 9.17) is 8.85 Å². The molecule has 1 N–H and O–H groups in total. The monoisotopic (exact) mass is 338 g/mol. The maximum absolute atomic E-state index is 14.3. The second kappa shape index (κ2) is 6.98. The quantitative estimate of drug-likeness (QED) is 0.842. The molecule has 1 aliphatic heterocycles. The average molecular weight is 338 g/mol. The Labute approximate surface area is 144 Å². The standard InChI is InChI=1S/C17H22FN3O3/c1-17(2,3)24-16(23)21-9-7-11(8-10-21)12-5-6-13(15(22)19-4)20-14(12)18/h5-7H,8-10H2,1-4H3,(H,19,22)/i4D3. The van der Waals surface area contributed by atoms with Crippen molar-refractivity contribution in [3.8, 4) is 0 Å². The number of carbonyl (C=O) groups excluding carboxylic acids is 2. The zero-order valence-corrected chi connectivity index (χ0v) is 13.9. The van der Waals surface area contributed by atoms with Gasteiger partial charge in [-0.15, -0.1) is 0 Å². The van der Waals surface area contributed by atoms with Crippen molar-refractivity contribution in [2.75, 3.05) is 20.1 Å². The lowest BCUT2D eigenvalue weighted by molar-refractivity contribution is 0.0270. The van der Waals surface area contributed by atoms with E-state index in [1.54, 1.807) is 32.2 Å². The molecule has 0 spiro atoms. The molecule has 1 aliphatic rings. The van der Waals surface area contributed by atoms with Crippen LogP contribution in [0.5, 0.6) is 0 Å². The van der Waals surface area contributed by atoms with Crippen LogP contribution < -0.4 is 5.32 Å². The molecule has 0 unspecified atom stereocenters. The van der Waals surface area contributed by atoms with E-state index >= 15 is 0 Å². The van der Waals surface area contributed by atoms with Gasteiger partial charge in [-0.2, -0.15) is 4.39 Å². The van der Waals surface area contributed by atoms with Crippen molar-refractivity contribution < 1.29 is 22.8 Å². The van der Waals surface area contributed by atoms with Crippen LogP contribution in [0.2, 0.25) is 0 Å². The number of aromatic nitrogens is 1. The summed E-state index contributed by atoms with van der Waals surface area (Å²) < 4.78 is 40.6. The molecule has 0 aromatic carbocycles. The van der Waals surface area contributed by atoms with E-state index in [9.17, 15) is 14.0 Å². The second-order valence-electron chi connectivity index (χ2n) is 6.39. The number of amides is 2. The molecule has 0 atom stereocenters. The van der Waals surface area contributed by atoms with Crippen LogP contribution >= 0.6 is 0 Å². The van der Waals surface area contributed by atoms with Crippen molar-refractivity contribution in [2.45, 2.75) is 32.8 Å². The summed E-state index contributed by atoms with van der Waals surface area (Å²) in [5.41, 5.74) is -0.0478. The highest BCUT2D eigenvalue weighted by Gasteiger charge is 2.24. The molecule has 0 aliphatic carbocycles. The van der Waals surface area contributed by atoms with E-state index in [1.807, 2.05) is 0 Å². The van der Waals surface area contributed by atoms with E-state index in [1.165, 1.54) is 17.0 Å². The maximum Gasteiger partial charge on any atom is 0.410 e. The van der Waals surface area contributed by atoms with Crippen molar-refractivity contribution in [2.24, 2.45) is 0 Å². The number of halogens is 1. The van der Waals surface area contributed by atoms with Gasteiger partial charge in [0, 0.05) is 29.7 Å². The zero-order valence-electron chi connectivity index (χ0n) is 16.9. The fraction of sp³-hybridized carbons (Fsp3) is 0.471. The van der Waals surface area contributed by atoms with Crippen LogP contribution in [0.25, 0.3) is 5.57 Å². The number of nitrogens with one attached hydrogen (secondary N) is 1. The van der Waals surface area contributed by atoms with Gasteiger partial charge >= 0.3 is 6.09 Å². The van der Waals surface area contributed by atoms with Gasteiger partial charge in [-0.1, -0.05) is 6.08 Å². The third-order valence-corrected chi connectivity index (χ3v) is 3.40. The largest absolute Gasteiger partial charge is 0.444 e. The van der Waals surface area contributed by atoms with Gasteiger partial charge in [0.25, 0.3) is 5.91 Å². The smallest absolute Gasteiger partial charge is 0.410 e. The van der Waals surface area contributed by atoms with E-state index < -0.39 is 30.5 Å². The second-order valence-corrected chi connectivity index (χ2v) is 6.39. The van der Waals surface area contributed by atoms with Crippen LogP contribution in [-0.2, 0) is 4.74 Å². The van der Waals surface area contributed by atoms with Gasteiger partial charge in [-0.25, -0.2) is 9.78 Å². The third kappa shape index (κ3) is 4.31. The van der Waals surface area contributed by atoms with Crippen LogP contribution in [0.15, 0.2) is 18.2 Å². The Hall–Kier alpha value is -2.44. The summed E-state index contributed by atoms with van der Waals surface area (Å²) in [6.07, 6.45) is 1.67. The van der Waals surface area contributed by atoms with E-state index in [-0.39, 0.29) is 17.8 Å². The first-order valence-corrected chi connectivity index (χ1v) is 7.52. The Balaban J connectivity index is 2.09. The number of nitrogens with zero attached hydrogens (tertiary/aromatic N) is 2. The van der Waals surface area contributed by atoms with Gasteiger partial charge in [-0.3, -0.25) is 4.79 Å². The average Bonchev–Trinajstić information content (AvgIpc) is 2.51. The van der Waals surface area contributed by atoms with Crippen LogP contribution in [-0.4, -0.2) is 47.6 Å². The van der Waals surface area contributed by atoms with Crippen molar-refractivity contribution in [1.29, 1.82) is 0 Å². The van der Waals surface area contributed by atoms with Gasteiger partial charge in [0.15, 0.2) is 0 Å². The summed E-state index contributed by atoms with van der Waals surface area (Å²) in [6, 6.07) is 2.65. The van der Waals surface area contributed by atoms with Crippen LogP contribution in [0, 0.1) is 5.95 Å². The minimum Gasteiger partial charge on any atom is -0.444 e. The molecule has 24 heavy (non-hydrogen) atoms. The van der Waals surface area contributed by atoms with Crippen molar-refractivity contribution in [1.82, 2.24) is 15.2 Å². The molecule has 2 rings (SSSR count). The number of pyridine rings is 1. The number of rotatable bonds is 2. The lowest BCUT2D eigenvalue weighted by atomic mass is 10.0. The highest BCUT2D eigenvalue weighted by Crippen LogP contribution is 2.25. The Morgan fingerprint density at radius 2 is 2.17 bits per heavy atom. The Morgan fingerprint density at radius 1 is 1.42 bits per heavy atom. The first-order chi connectivity index (χ1) is 12.4. The summed E-state index contributed by atoms with van der Waals surface area (Å²) in [5, 5.41) is 1.76. The highest BCUT2D eigenvalue weighted by atomic mass is 19.1. The minimum absolute atomic E-state index is 0.212. The SMILES string of the molecule is [2H]C([2H])([2H])NC(=O)c1ccc(C2=CCN(C(=O)OC(C)(C)C)CC2)c(F)n1. The van der Waals surface area contributed by atoms with Gasteiger partial charge in [0.2, 0.25) is 5.95 Å². The van der Waals surface area contributed by atoms with Crippen molar-refractivity contribution >= 4 is 17.6 Å². The summed E-state index contributed by atoms with van der Waals surface area (Å²) in [6.45, 7) is 3.29. The molecular weight excluding hydrogens is 313 g/mol. The molecule has 2 amide bonds. The van der Waals surface area contributed by atoms with Gasteiger partial charge < -0.3 is 15.0 Å².